The third kappa shape index (κ3) is 2.66. The zero-order valence-corrected chi connectivity index (χ0v) is 9.64. The van der Waals surface area contributed by atoms with E-state index in [1.807, 2.05) is 18.2 Å². The number of hydrogen-bond donors (Lipinski definition) is 2. The van der Waals surface area contributed by atoms with Gasteiger partial charge in [0.1, 0.15) is 11.9 Å². The molecule has 0 spiro atoms. The summed E-state index contributed by atoms with van der Waals surface area (Å²) < 4.78 is 13.7. The largest absolute Gasteiger partial charge is 0.370 e. The molecule has 0 aliphatic heterocycles. The Bertz CT molecular complexity index is 543. The van der Waals surface area contributed by atoms with E-state index in [9.17, 15) is 9.18 Å². The Balaban J connectivity index is 2.30. The van der Waals surface area contributed by atoms with Crippen molar-refractivity contribution in [2.45, 2.75) is 6.04 Å². The van der Waals surface area contributed by atoms with Gasteiger partial charge in [-0.2, -0.15) is 0 Å². The van der Waals surface area contributed by atoms with E-state index < -0.39 is 17.8 Å². The van der Waals surface area contributed by atoms with Crippen LogP contribution in [0.4, 0.5) is 10.1 Å². The van der Waals surface area contributed by atoms with Crippen molar-refractivity contribution in [2.24, 2.45) is 5.73 Å². The highest BCUT2D eigenvalue weighted by Crippen LogP contribution is 2.21. The quantitative estimate of drug-likeness (QED) is 0.868. The minimum absolute atomic E-state index is 0.244. The Morgan fingerprint density at radius 2 is 1.67 bits per heavy atom. The maximum atomic E-state index is 13.7. The second-order valence-corrected chi connectivity index (χ2v) is 3.87. The van der Waals surface area contributed by atoms with Crippen LogP contribution in [-0.4, -0.2) is 5.91 Å². The lowest BCUT2D eigenvalue weighted by molar-refractivity contribution is -0.118. The molecule has 0 heterocycles. The molecule has 0 aliphatic carbocycles. The van der Waals surface area contributed by atoms with E-state index in [2.05, 4.69) is 5.32 Å². The van der Waals surface area contributed by atoms with Gasteiger partial charge in [0.25, 0.3) is 0 Å². The molecule has 0 radical (unpaired) electrons. The van der Waals surface area contributed by atoms with Crippen molar-refractivity contribution in [1.29, 1.82) is 0 Å². The molecule has 0 fully saturated rings. The summed E-state index contributed by atoms with van der Waals surface area (Å²) in [5.41, 5.74) is 6.27. The van der Waals surface area contributed by atoms with Crippen molar-refractivity contribution in [3.05, 3.63) is 66.0 Å². The van der Waals surface area contributed by atoms with Crippen LogP contribution in [0, 0.1) is 5.82 Å². The van der Waals surface area contributed by atoms with Crippen LogP contribution in [0.25, 0.3) is 0 Å². The Labute approximate surface area is 104 Å². The Kier molecular flexibility index (Phi) is 3.57. The maximum Gasteiger partial charge on any atom is 0.244 e. The van der Waals surface area contributed by atoms with Crippen LogP contribution < -0.4 is 11.1 Å². The minimum atomic E-state index is -0.881. The van der Waals surface area contributed by atoms with Crippen LogP contribution in [-0.2, 0) is 4.79 Å². The summed E-state index contributed by atoms with van der Waals surface area (Å²) in [5.74, 6) is -1.08. The normalized spacial score (nSPS) is 11.8. The van der Waals surface area contributed by atoms with E-state index in [1.165, 1.54) is 6.07 Å². The number of benzene rings is 2. The fourth-order valence-corrected chi connectivity index (χ4v) is 1.71. The molecule has 0 saturated carbocycles. The number of para-hydroxylation sites is 1. The van der Waals surface area contributed by atoms with Gasteiger partial charge >= 0.3 is 0 Å². The number of nitrogens with two attached hydrogens (primary N) is 1. The zero-order valence-electron chi connectivity index (χ0n) is 9.64. The van der Waals surface area contributed by atoms with Gasteiger partial charge in [0.05, 0.1) is 0 Å². The molecule has 92 valence electrons. The fourth-order valence-electron chi connectivity index (χ4n) is 1.71. The molecule has 18 heavy (non-hydrogen) atoms. The SMILES string of the molecule is NC(=O)C(Nc1ccccc1)c1ccccc1F. The first-order chi connectivity index (χ1) is 8.68. The summed E-state index contributed by atoms with van der Waals surface area (Å²) in [5, 5.41) is 2.92. The van der Waals surface area contributed by atoms with Gasteiger partial charge in [-0.1, -0.05) is 36.4 Å². The number of carbonyl (C=O) groups excluding carboxylic acids is 1. The van der Waals surface area contributed by atoms with Gasteiger partial charge in [-0.3, -0.25) is 4.79 Å². The third-order valence-electron chi connectivity index (χ3n) is 2.59. The molecule has 0 bridgehead atoms. The lowest BCUT2D eigenvalue weighted by Crippen LogP contribution is -2.28. The average molecular weight is 244 g/mol. The molecular weight excluding hydrogens is 231 g/mol. The smallest absolute Gasteiger partial charge is 0.244 e. The number of hydrogen-bond acceptors (Lipinski definition) is 2. The number of rotatable bonds is 4. The van der Waals surface area contributed by atoms with Crippen molar-refractivity contribution < 1.29 is 9.18 Å². The van der Waals surface area contributed by atoms with Crippen LogP contribution >= 0.6 is 0 Å². The summed E-state index contributed by atoms with van der Waals surface area (Å²) in [6.07, 6.45) is 0. The molecule has 3 N–H and O–H groups in total. The van der Waals surface area contributed by atoms with E-state index in [-0.39, 0.29) is 5.56 Å². The molecule has 1 amide bonds. The van der Waals surface area contributed by atoms with Crippen molar-refractivity contribution >= 4 is 11.6 Å². The zero-order chi connectivity index (χ0) is 13.0. The van der Waals surface area contributed by atoms with Gasteiger partial charge in [0.2, 0.25) is 5.91 Å². The highest BCUT2D eigenvalue weighted by Gasteiger charge is 2.20. The fraction of sp³-hybridized carbons (Fsp3) is 0.0714. The lowest BCUT2D eigenvalue weighted by Gasteiger charge is -2.17. The summed E-state index contributed by atoms with van der Waals surface area (Å²) in [6.45, 7) is 0. The number of primary amides is 1. The van der Waals surface area contributed by atoms with Gasteiger partial charge in [0, 0.05) is 11.3 Å². The number of anilines is 1. The molecule has 2 rings (SSSR count). The van der Waals surface area contributed by atoms with Crippen LogP contribution in [0.2, 0.25) is 0 Å². The summed E-state index contributed by atoms with van der Waals surface area (Å²) in [6, 6.07) is 14.3. The van der Waals surface area contributed by atoms with E-state index in [0.29, 0.717) is 5.69 Å². The maximum absolute atomic E-state index is 13.7. The van der Waals surface area contributed by atoms with Crippen LogP contribution in [0.1, 0.15) is 11.6 Å². The first kappa shape index (κ1) is 12.1. The molecule has 4 heteroatoms. The second kappa shape index (κ2) is 5.31. The van der Waals surface area contributed by atoms with Crippen molar-refractivity contribution in [2.75, 3.05) is 5.32 Å². The van der Waals surface area contributed by atoms with Crippen molar-refractivity contribution in [3.8, 4) is 0 Å². The Morgan fingerprint density at radius 1 is 1.06 bits per heavy atom. The van der Waals surface area contributed by atoms with Crippen molar-refractivity contribution in [3.63, 3.8) is 0 Å². The number of carbonyl (C=O) groups is 1. The molecule has 1 unspecified atom stereocenters. The van der Waals surface area contributed by atoms with E-state index in [4.69, 9.17) is 5.73 Å². The van der Waals surface area contributed by atoms with Crippen LogP contribution in [0.15, 0.2) is 54.6 Å². The third-order valence-corrected chi connectivity index (χ3v) is 2.59. The first-order valence-corrected chi connectivity index (χ1v) is 5.54. The molecule has 1 atom stereocenters. The number of halogens is 1. The highest BCUT2D eigenvalue weighted by molar-refractivity contribution is 5.84. The van der Waals surface area contributed by atoms with E-state index in [0.717, 1.165) is 0 Å². The van der Waals surface area contributed by atoms with Crippen LogP contribution in [0.5, 0.6) is 0 Å². The number of nitrogens with one attached hydrogen (secondary N) is 1. The molecule has 2 aromatic rings. The first-order valence-electron chi connectivity index (χ1n) is 5.54. The molecule has 0 aromatic heterocycles. The molecule has 0 aliphatic rings. The monoisotopic (exact) mass is 244 g/mol. The lowest BCUT2D eigenvalue weighted by atomic mass is 10.1. The predicted molar refractivity (Wildman–Crippen MR) is 68.4 cm³/mol. The van der Waals surface area contributed by atoms with Crippen LogP contribution in [0.3, 0.4) is 0 Å². The Hall–Kier alpha value is -2.36. The summed E-state index contributed by atoms with van der Waals surface area (Å²) in [4.78, 5) is 11.4. The summed E-state index contributed by atoms with van der Waals surface area (Å²) in [7, 11) is 0. The average Bonchev–Trinajstić information content (AvgIpc) is 2.38. The van der Waals surface area contributed by atoms with Gasteiger partial charge in [-0.05, 0) is 18.2 Å². The molecule has 3 nitrogen and oxygen atoms in total. The molecular formula is C14H13FN2O. The van der Waals surface area contributed by atoms with E-state index >= 15 is 0 Å². The topological polar surface area (TPSA) is 55.1 Å². The minimum Gasteiger partial charge on any atom is -0.370 e. The van der Waals surface area contributed by atoms with Gasteiger partial charge < -0.3 is 11.1 Å². The van der Waals surface area contributed by atoms with Gasteiger partial charge in [0.15, 0.2) is 0 Å². The van der Waals surface area contributed by atoms with Gasteiger partial charge in [-0.15, -0.1) is 0 Å². The van der Waals surface area contributed by atoms with Gasteiger partial charge in [-0.25, -0.2) is 4.39 Å². The highest BCUT2D eigenvalue weighted by atomic mass is 19.1. The molecule has 2 aromatic carbocycles. The molecule has 0 saturated heterocycles. The standard InChI is InChI=1S/C14H13FN2O/c15-12-9-5-4-8-11(12)13(14(16)18)17-10-6-2-1-3-7-10/h1-9,13,17H,(H2,16,18). The van der Waals surface area contributed by atoms with E-state index in [1.54, 1.807) is 30.3 Å². The summed E-state index contributed by atoms with van der Waals surface area (Å²) >= 11 is 0. The van der Waals surface area contributed by atoms with Crippen molar-refractivity contribution in [1.82, 2.24) is 0 Å². The predicted octanol–water partition coefficient (Wildman–Crippen LogP) is 2.46. The number of amides is 1. The Morgan fingerprint density at radius 3 is 2.28 bits per heavy atom. The second-order valence-electron chi connectivity index (χ2n) is 3.87.